The molecule has 0 radical (unpaired) electrons. The van der Waals surface area contributed by atoms with E-state index in [0.717, 1.165) is 60.1 Å². The van der Waals surface area contributed by atoms with E-state index in [4.69, 9.17) is 9.72 Å². The van der Waals surface area contributed by atoms with E-state index in [1.54, 1.807) is 11.6 Å². The van der Waals surface area contributed by atoms with Crippen LogP contribution in [-0.4, -0.2) is 63.1 Å². The molecule has 0 unspecified atom stereocenters. The van der Waals surface area contributed by atoms with Gasteiger partial charge < -0.3 is 15.0 Å². The topological polar surface area (TPSA) is 96.3 Å². The summed E-state index contributed by atoms with van der Waals surface area (Å²) in [5.41, 5.74) is 6.55. The van der Waals surface area contributed by atoms with Crippen molar-refractivity contribution in [3.63, 3.8) is 0 Å². The molecular weight excluding hydrogens is 392 g/mol. The second-order valence-electron chi connectivity index (χ2n) is 7.98. The molecule has 9 heteroatoms. The maximum absolute atomic E-state index is 5.53. The van der Waals surface area contributed by atoms with Crippen molar-refractivity contribution in [3.8, 4) is 28.4 Å². The van der Waals surface area contributed by atoms with Gasteiger partial charge >= 0.3 is 0 Å². The van der Waals surface area contributed by atoms with Crippen LogP contribution in [0.4, 0.5) is 5.69 Å². The lowest BCUT2D eigenvalue weighted by Crippen LogP contribution is -2.43. The van der Waals surface area contributed by atoms with Crippen molar-refractivity contribution in [2.24, 2.45) is 0 Å². The summed E-state index contributed by atoms with van der Waals surface area (Å²) >= 11 is 0. The number of rotatable bonds is 5. The minimum Gasteiger partial charge on any atom is -0.493 e. The Labute approximate surface area is 180 Å². The molecule has 1 aliphatic heterocycles. The summed E-state index contributed by atoms with van der Waals surface area (Å²) < 4.78 is 7.24. The highest BCUT2D eigenvalue weighted by atomic mass is 16.5. The molecule has 1 saturated heterocycles. The molecule has 4 aromatic rings. The molecular formula is C22H26N8O. The molecule has 0 amide bonds. The largest absolute Gasteiger partial charge is 0.493 e. The number of nitrogens with one attached hydrogen (secondary N) is 2. The number of aromatic amines is 1. The van der Waals surface area contributed by atoms with Crippen molar-refractivity contribution in [1.82, 2.24) is 35.1 Å². The number of hydrogen-bond donors (Lipinski definition) is 2. The third-order valence-corrected chi connectivity index (χ3v) is 5.70. The van der Waals surface area contributed by atoms with Crippen molar-refractivity contribution < 1.29 is 4.74 Å². The molecule has 0 atom stereocenters. The Morgan fingerprint density at radius 2 is 1.97 bits per heavy atom. The van der Waals surface area contributed by atoms with Gasteiger partial charge in [-0.05, 0) is 24.1 Å². The van der Waals surface area contributed by atoms with E-state index < -0.39 is 0 Å². The van der Waals surface area contributed by atoms with Crippen molar-refractivity contribution in [2.45, 2.75) is 19.8 Å². The number of methoxy groups -OCH3 is 1. The number of piperazine rings is 1. The van der Waals surface area contributed by atoms with Crippen LogP contribution < -0.4 is 15.0 Å². The van der Waals surface area contributed by atoms with Gasteiger partial charge in [-0.2, -0.15) is 10.2 Å². The molecule has 160 valence electrons. The van der Waals surface area contributed by atoms with Gasteiger partial charge in [0.2, 0.25) is 0 Å². The molecule has 31 heavy (non-hydrogen) atoms. The van der Waals surface area contributed by atoms with E-state index in [1.807, 2.05) is 18.5 Å². The van der Waals surface area contributed by atoms with Gasteiger partial charge in [0.15, 0.2) is 11.4 Å². The quantitative estimate of drug-likeness (QED) is 0.514. The van der Waals surface area contributed by atoms with Crippen molar-refractivity contribution in [1.29, 1.82) is 0 Å². The summed E-state index contributed by atoms with van der Waals surface area (Å²) in [6.07, 6.45) is 5.40. The molecule has 4 aromatic heterocycles. The highest BCUT2D eigenvalue weighted by molar-refractivity contribution is 5.75. The fraction of sp³-hybridized carbons (Fsp3) is 0.364. The van der Waals surface area contributed by atoms with Crippen LogP contribution in [0.2, 0.25) is 0 Å². The second-order valence-corrected chi connectivity index (χ2v) is 7.98. The van der Waals surface area contributed by atoms with Gasteiger partial charge in [-0.25, -0.2) is 9.50 Å². The average molecular weight is 419 g/mol. The van der Waals surface area contributed by atoms with Crippen LogP contribution in [0.15, 0.2) is 36.9 Å². The fourth-order valence-corrected chi connectivity index (χ4v) is 4.15. The SMILES string of the molecule is COc1cc(-c2n[nH]c(-c3ccc(N4CCNCC4)cn3)c2C(C)C)cn2ncnc12. The first-order valence-electron chi connectivity index (χ1n) is 10.5. The lowest BCUT2D eigenvalue weighted by Gasteiger charge is -2.29. The molecule has 5 rings (SSSR count). The van der Waals surface area contributed by atoms with Crippen LogP contribution in [0.3, 0.4) is 0 Å². The van der Waals surface area contributed by atoms with Gasteiger partial charge in [0.05, 0.1) is 36.1 Å². The monoisotopic (exact) mass is 418 g/mol. The maximum atomic E-state index is 5.53. The molecule has 0 spiro atoms. The van der Waals surface area contributed by atoms with E-state index >= 15 is 0 Å². The third-order valence-electron chi connectivity index (χ3n) is 5.70. The number of H-pyrrole nitrogens is 1. The third kappa shape index (κ3) is 3.50. The Bertz CT molecular complexity index is 1190. The van der Waals surface area contributed by atoms with Gasteiger partial charge in [0.25, 0.3) is 0 Å². The van der Waals surface area contributed by atoms with Crippen LogP contribution in [-0.2, 0) is 0 Å². The molecule has 5 heterocycles. The molecule has 9 nitrogen and oxygen atoms in total. The number of fused-ring (bicyclic) bond motifs is 1. The maximum Gasteiger partial charge on any atom is 0.197 e. The molecule has 2 N–H and O–H groups in total. The summed E-state index contributed by atoms with van der Waals surface area (Å²) in [4.78, 5) is 11.4. The molecule has 0 aliphatic carbocycles. The zero-order valence-electron chi connectivity index (χ0n) is 18.0. The van der Waals surface area contributed by atoms with E-state index in [9.17, 15) is 0 Å². The zero-order valence-corrected chi connectivity index (χ0v) is 18.0. The minimum atomic E-state index is 0.246. The lowest BCUT2D eigenvalue weighted by atomic mass is 9.96. The molecule has 0 aromatic carbocycles. The Kier molecular flexibility index (Phi) is 5.03. The number of pyridine rings is 2. The number of aromatic nitrogens is 6. The second kappa shape index (κ2) is 7.99. The summed E-state index contributed by atoms with van der Waals surface area (Å²) in [7, 11) is 1.64. The smallest absolute Gasteiger partial charge is 0.197 e. The first kappa shape index (κ1) is 19.5. The van der Waals surface area contributed by atoms with Crippen LogP contribution >= 0.6 is 0 Å². The van der Waals surface area contributed by atoms with Gasteiger partial charge in [0, 0.05) is 43.5 Å². The number of ether oxygens (including phenoxy) is 1. The number of anilines is 1. The lowest BCUT2D eigenvalue weighted by molar-refractivity contribution is 0.416. The predicted octanol–water partition coefficient (Wildman–Crippen LogP) is 2.72. The molecule has 0 saturated carbocycles. The Morgan fingerprint density at radius 1 is 1.13 bits per heavy atom. The highest BCUT2D eigenvalue weighted by Gasteiger charge is 2.22. The Hall–Kier alpha value is -3.46. The average Bonchev–Trinajstić information content (AvgIpc) is 3.46. The summed E-state index contributed by atoms with van der Waals surface area (Å²) in [6.45, 7) is 8.33. The standard InChI is InChI=1S/C22H26N8O/c1-14(2)19-20(15-10-18(31-3)22-25-13-26-30(22)12-15)27-28-21(19)17-5-4-16(11-24-17)29-8-6-23-7-9-29/h4-5,10-14,23H,6-9H2,1-3H3,(H,27,28). The fourth-order valence-electron chi connectivity index (χ4n) is 4.15. The minimum absolute atomic E-state index is 0.246. The highest BCUT2D eigenvalue weighted by Crippen LogP contribution is 2.36. The van der Waals surface area contributed by atoms with Crippen LogP contribution in [0.1, 0.15) is 25.3 Å². The van der Waals surface area contributed by atoms with E-state index in [1.165, 1.54) is 6.33 Å². The normalized spacial score (nSPS) is 14.5. The van der Waals surface area contributed by atoms with Gasteiger partial charge in [0.1, 0.15) is 6.33 Å². The van der Waals surface area contributed by atoms with Crippen molar-refractivity contribution in [3.05, 3.63) is 42.5 Å². The summed E-state index contributed by atoms with van der Waals surface area (Å²) in [5.74, 6) is 0.906. The zero-order chi connectivity index (χ0) is 21.4. The summed E-state index contributed by atoms with van der Waals surface area (Å²) in [6, 6.07) is 6.17. The van der Waals surface area contributed by atoms with E-state index in [0.29, 0.717) is 11.4 Å². The number of hydrogen-bond acceptors (Lipinski definition) is 7. The van der Waals surface area contributed by atoms with Gasteiger partial charge in [-0.3, -0.25) is 10.1 Å². The predicted molar refractivity (Wildman–Crippen MR) is 120 cm³/mol. The Balaban J connectivity index is 1.54. The number of nitrogens with zero attached hydrogens (tertiary/aromatic N) is 6. The summed E-state index contributed by atoms with van der Waals surface area (Å²) in [5, 5.41) is 15.5. The van der Waals surface area contributed by atoms with Gasteiger partial charge in [-0.1, -0.05) is 13.8 Å². The van der Waals surface area contributed by atoms with Crippen molar-refractivity contribution >= 4 is 11.3 Å². The van der Waals surface area contributed by atoms with Crippen molar-refractivity contribution in [2.75, 3.05) is 38.2 Å². The van der Waals surface area contributed by atoms with Gasteiger partial charge in [-0.15, -0.1) is 0 Å². The van der Waals surface area contributed by atoms with E-state index in [-0.39, 0.29) is 5.92 Å². The van der Waals surface area contributed by atoms with Crippen LogP contribution in [0, 0.1) is 0 Å². The van der Waals surface area contributed by atoms with Crippen LogP contribution in [0.25, 0.3) is 28.3 Å². The molecule has 0 bridgehead atoms. The van der Waals surface area contributed by atoms with Crippen LogP contribution in [0.5, 0.6) is 5.75 Å². The molecule has 1 fully saturated rings. The first-order valence-corrected chi connectivity index (χ1v) is 10.5. The molecule has 1 aliphatic rings. The first-order chi connectivity index (χ1) is 15.2. The van der Waals surface area contributed by atoms with E-state index in [2.05, 4.69) is 56.5 Å². The Morgan fingerprint density at radius 3 is 2.68 bits per heavy atom.